The summed E-state index contributed by atoms with van der Waals surface area (Å²) in [6, 6.07) is 0. The Morgan fingerprint density at radius 1 is 1.08 bits per heavy atom. The highest BCUT2D eigenvalue weighted by atomic mass is 32.2. The summed E-state index contributed by atoms with van der Waals surface area (Å²) in [6.07, 6.45) is 0. The van der Waals surface area contributed by atoms with Crippen molar-refractivity contribution in [2.24, 2.45) is 9.78 Å². The van der Waals surface area contributed by atoms with Crippen LogP contribution in [0.3, 0.4) is 0 Å². The minimum absolute atomic E-state index is 0.140. The van der Waals surface area contributed by atoms with Crippen LogP contribution in [-0.2, 0) is 14.8 Å². The van der Waals surface area contributed by atoms with E-state index in [2.05, 4.69) is 25.1 Å². The van der Waals surface area contributed by atoms with E-state index in [1.807, 2.05) is 20.8 Å². The van der Waals surface area contributed by atoms with Gasteiger partial charge in [0.1, 0.15) is 0 Å². The van der Waals surface area contributed by atoms with Crippen LogP contribution in [0.5, 0.6) is 0 Å². The monoisotopic (exact) mass is 190 g/mol. The van der Waals surface area contributed by atoms with Crippen LogP contribution in [-0.4, -0.2) is 11.3 Å². The maximum atomic E-state index is 11.5. The van der Waals surface area contributed by atoms with E-state index >= 15 is 0 Å². The Hall–Kier alpha value is -0.0500. The molecule has 0 heterocycles. The van der Waals surface area contributed by atoms with Gasteiger partial charge in [-0.2, -0.15) is 10.6 Å². The first-order chi connectivity index (χ1) is 5.13. The summed E-state index contributed by atoms with van der Waals surface area (Å²) in [4.78, 5) is 0. The molecule has 0 rings (SSSR count). The lowest BCUT2D eigenvalue weighted by molar-refractivity contribution is 0.430. The molecule has 2 nitrogen and oxygen atoms in total. The zero-order valence-corrected chi connectivity index (χ0v) is 9.79. The largest absolute Gasteiger partial charge is 0.444 e. The third-order valence-electron chi connectivity index (χ3n) is 1.18. The molecule has 0 aliphatic carbocycles. The van der Waals surface area contributed by atoms with Crippen molar-refractivity contribution < 1.29 is 4.21 Å². The Kier molecular flexibility index (Phi) is 3.76. The van der Waals surface area contributed by atoms with Crippen LogP contribution >= 0.6 is 0 Å². The summed E-state index contributed by atoms with van der Waals surface area (Å²) in [6.45, 7) is 12.8. The lowest BCUT2D eigenvalue weighted by Gasteiger charge is -2.25. The zero-order valence-electron chi connectivity index (χ0n) is 8.97. The van der Waals surface area contributed by atoms with Gasteiger partial charge in [-0.3, -0.25) is 0 Å². The number of nitrogens with zero attached hydrogens (tertiary/aromatic N) is 1. The summed E-state index contributed by atoms with van der Waals surface area (Å²) >= 11 is 0. The van der Waals surface area contributed by atoms with Crippen LogP contribution in [0.4, 0.5) is 0 Å². The molecule has 0 fully saturated rings. The number of rotatable bonds is 1. The van der Waals surface area contributed by atoms with Gasteiger partial charge < -0.3 is 8.57 Å². The van der Waals surface area contributed by atoms with Crippen molar-refractivity contribution in [1.29, 1.82) is 0 Å². The first-order valence-electron chi connectivity index (χ1n) is 4.22. The van der Waals surface area contributed by atoms with Crippen molar-refractivity contribution >= 4 is 10.6 Å². The van der Waals surface area contributed by atoms with Gasteiger partial charge in [0.2, 0.25) is 0 Å². The fourth-order valence-electron chi connectivity index (χ4n) is 0.446. The number of hydrogen-bond donors (Lipinski definition) is 0. The van der Waals surface area contributed by atoms with Gasteiger partial charge >= 0.3 is 0 Å². The SMILES string of the molecule is CC(C)(C)CN=[S-](=O)C(C)(C)C. The molecule has 0 saturated carbocycles. The second kappa shape index (κ2) is 3.77. The Labute approximate surface area is 78.0 Å². The summed E-state index contributed by atoms with van der Waals surface area (Å²) in [5.74, 6) is 0. The van der Waals surface area contributed by atoms with Crippen LogP contribution in [0.1, 0.15) is 41.5 Å². The van der Waals surface area contributed by atoms with Crippen LogP contribution in [0.2, 0.25) is 0 Å². The van der Waals surface area contributed by atoms with Crippen molar-refractivity contribution in [2.75, 3.05) is 6.54 Å². The molecule has 0 aromatic rings. The Bertz CT molecular complexity index is 214. The maximum absolute atomic E-state index is 11.5. The first-order valence-corrected chi connectivity index (χ1v) is 5.33. The van der Waals surface area contributed by atoms with E-state index in [4.69, 9.17) is 0 Å². The highest BCUT2D eigenvalue weighted by Crippen LogP contribution is 2.15. The predicted octanol–water partition coefficient (Wildman–Crippen LogP) is 2.98. The van der Waals surface area contributed by atoms with E-state index in [-0.39, 0.29) is 10.2 Å². The van der Waals surface area contributed by atoms with Crippen LogP contribution < -0.4 is 0 Å². The molecule has 0 atom stereocenters. The second-order valence-corrected chi connectivity index (χ2v) is 7.19. The summed E-state index contributed by atoms with van der Waals surface area (Å²) in [5, 5.41) is 0. The summed E-state index contributed by atoms with van der Waals surface area (Å²) in [5.41, 5.74) is 0.140. The molecule has 0 saturated heterocycles. The summed E-state index contributed by atoms with van der Waals surface area (Å²) in [7, 11) is -1.06. The third kappa shape index (κ3) is 5.58. The molecule has 0 bridgehead atoms. The van der Waals surface area contributed by atoms with Gasteiger partial charge in [0, 0.05) is 6.54 Å². The molecule has 0 aliphatic rings. The standard InChI is InChI=1S/C9H20NOS/c1-8(2,3)7-10-12(11)9(4,5)6/h7H2,1-6H3/q-1. The van der Waals surface area contributed by atoms with Gasteiger partial charge in [-0.15, -0.1) is 0 Å². The molecule has 12 heavy (non-hydrogen) atoms. The maximum Gasteiger partial charge on any atom is 0.0171 e. The zero-order chi connectivity index (χ0) is 9.99. The van der Waals surface area contributed by atoms with Crippen molar-refractivity contribution in [3.63, 3.8) is 0 Å². The van der Waals surface area contributed by atoms with Gasteiger partial charge in [-0.25, -0.2) is 0 Å². The molecular formula is C9H20NOS-. The molecule has 0 radical (unpaired) electrons. The predicted molar refractivity (Wildman–Crippen MR) is 54.6 cm³/mol. The van der Waals surface area contributed by atoms with Gasteiger partial charge in [0.25, 0.3) is 0 Å². The minimum atomic E-state index is -1.06. The van der Waals surface area contributed by atoms with E-state index in [0.717, 1.165) is 0 Å². The molecule has 0 amide bonds. The smallest absolute Gasteiger partial charge is 0.0171 e. The highest BCUT2D eigenvalue weighted by molar-refractivity contribution is 7.76. The normalized spacial score (nSPS) is 16.5. The van der Waals surface area contributed by atoms with E-state index < -0.39 is 10.6 Å². The van der Waals surface area contributed by atoms with E-state index in [0.29, 0.717) is 6.54 Å². The van der Waals surface area contributed by atoms with E-state index in [9.17, 15) is 4.21 Å². The van der Waals surface area contributed by atoms with Crippen LogP contribution in [0.25, 0.3) is 0 Å². The highest BCUT2D eigenvalue weighted by Gasteiger charge is 2.07. The van der Waals surface area contributed by atoms with Gasteiger partial charge in [-0.05, 0) is 5.41 Å². The quantitative estimate of drug-likeness (QED) is 0.584. The van der Waals surface area contributed by atoms with E-state index in [1.165, 1.54) is 0 Å². The van der Waals surface area contributed by atoms with Crippen LogP contribution in [0, 0.1) is 5.41 Å². The third-order valence-corrected chi connectivity index (χ3v) is 2.59. The average molecular weight is 190 g/mol. The molecule has 74 valence electrons. The van der Waals surface area contributed by atoms with Crippen molar-refractivity contribution in [1.82, 2.24) is 0 Å². The Morgan fingerprint density at radius 2 is 1.50 bits per heavy atom. The Morgan fingerprint density at radius 3 is 1.75 bits per heavy atom. The molecule has 0 aliphatic heterocycles. The van der Waals surface area contributed by atoms with Crippen molar-refractivity contribution in [3.05, 3.63) is 0 Å². The lowest BCUT2D eigenvalue weighted by atomic mass is 9.98. The summed E-state index contributed by atoms with van der Waals surface area (Å²) < 4.78 is 15.4. The van der Waals surface area contributed by atoms with Crippen molar-refractivity contribution in [3.8, 4) is 0 Å². The molecule has 3 heteroatoms. The molecule has 0 spiro atoms. The van der Waals surface area contributed by atoms with Crippen molar-refractivity contribution in [2.45, 2.75) is 46.3 Å². The van der Waals surface area contributed by atoms with Gasteiger partial charge in [-0.1, -0.05) is 46.3 Å². The second-order valence-electron chi connectivity index (χ2n) is 5.21. The first kappa shape index (κ1) is 11.9. The lowest BCUT2D eigenvalue weighted by Crippen LogP contribution is -2.17. The minimum Gasteiger partial charge on any atom is -0.444 e. The van der Waals surface area contributed by atoms with Gasteiger partial charge in [0.15, 0.2) is 0 Å². The fourth-order valence-corrected chi connectivity index (χ4v) is 1.34. The van der Waals surface area contributed by atoms with Gasteiger partial charge in [0.05, 0.1) is 0 Å². The molecule has 0 aromatic carbocycles. The Balaban J connectivity index is 4.32. The average Bonchev–Trinajstić information content (AvgIpc) is 1.78. The molecular weight excluding hydrogens is 170 g/mol. The topological polar surface area (TPSA) is 29.4 Å². The number of hydrogen-bond acceptors (Lipinski definition) is 3. The molecule has 0 aromatic heterocycles. The molecule has 0 N–H and O–H groups in total. The molecule has 0 unspecified atom stereocenters. The van der Waals surface area contributed by atoms with Crippen LogP contribution in [0.15, 0.2) is 4.36 Å². The fraction of sp³-hybridized carbons (Fsp3) is 1.00. The van der Waals surface area contributed by atoms with E-state index in [1.54, 1.807) is 0 Å².